The molecule has 4 aliphatic rings. The molecule has 0 saturated carbocycles. The molecule has 1 heterocycles. The van der Waals surface area contributed by atoms with Gasteiger partial charge in [-0.15, -0.1) is 0 Å². The Balaban J connectivity index is 1.27. The summed E-state index contributed by atoms with van der Waals surface area (Å²) in [5.74, 6) is -0.949. The summed E-state index contributed by atoms with van der Waals surface area (Å²) in [6.07, 6.45) is 0.822. The molecule has 164 valence electrons. The van der Waals surface area contributed by atoms with Crippen LogP contribution in [0.3, 0.4) is 0 Å². The highest BCUT2D eigenvalue weighted by Crippen LogP contribution is 2.61. The van der Waals surface area contributed by atoms with Crippen LogP contribution in [-0.4, -0.2) is 11.8 Å². The van der Waals surface area contributed by atoms with E-state index in [2.05, 4.69) is 36.4 Å². The average Bonchev–Trinajstić information content (AvgIpc) is 3.16. The Kier molecular flexibility index (Phi) is 4.16. The van der Waals surface area contributed by atoms with Gasteiger partial charge in [0.25, 0.3) is 0 Å². The number of rotatable bonds is 3. The first kappa shape index (κ1) is 19.5. The molecule has 2 amide bonds. The van der Waals surface area contributed by atoms with Gasteiger partial charge < -0.3 is 0 Å². The van der Waals surface area contributed by atoms with Gasteiger partial charge in [0.2, 0.25) is 11.8 Å². The van der Waals surface area contributed by atoms with Crippen molar-refractivity contribution in [2.75, 3.05) is 4.90 Å². The molecule has 2 bridgehead atoms. The van der Waals surface area contributed by atoms with Crippen LogP contribution < -0.4 is 4.90 Å². The van der Waals surface area contributed by atoms with Gasteiger partial charge in [0, 0.05) is 11.8 Å². The summed E-state index contributed by atoms with van der Waals surface area (Å²) in [6.45, 7) is 0. The molecule has 1 fully saturated rings. The van der Waals surface area contributed by atoms with Crippen LogP contribution in [0, 0.1) is 11.8 Å². The average molecular weight is 442 g/mol. The van der Waals surface area contributed by atoms with Crippen molar-refractivity contribution in [3.63, 3.8) is 0 Å². The molecule has 34 heavy (non-hydrogen) atoms. The van der Waals surface area contributed by atoms with Gasteiger partial charge in [0.05, 0.1) is 17.5 Å². The topological polar surface area (TPSA) is 37.4 Å². The summed E-state index contributed by atoms with van der Waals surface area (Å²) < 4.78 is 0. The summed E-state index contributed by atoms with van der Waals surface area (Å²) in [7, 11) is 0. The predicted octanol–water partition coefficient (Wildman–Crippen LogP) is 5.67. The Labute approximate surface area is 198 Å². The second kappa shape index (κ2) is 7.26. The summed E-state index contributed by atoms with van der Waals surface area (Å²) in [5, 5.41) is 0. The molecule has 0 aromatic heterocycles. The van der Waals surface area contributed by atoms with Crippen LogP contribution in [0.5, 0.6) is 0 Å². The number of hydrogen-bond acceptors (Lipinski definition) is 2. The lowest BCUT2D eigenvalue weighted by Gasteiger charge is -2.45. The Hall–Kier alpha value is -3.98. The molecule has 1 aliphatic heterocycles. The fourth-order valence-corrected chi connectivity index (χ4v) is 6.53. The smallest absolute Gasteiger partial charge is 0.238 e. The first-order chi connectivity index (χ1) is 16.7. The number of benzene rings is 4. The third-order valence-corrected chi connectivity index (χ3v) is 7.89. The van der Waals surface area contributed by atoms with Crippen LogP contribution in [0.2, 0.25) is 0 Å². The van der Waals surface area contributed by atoms with E-state index in [-0.39, 0.29) is 35.5 Å². The van der Waals surface area contributed by atoms with Crippen LogP contribution in [0.4, 0.5) is 5.69 Å². The van der Waals surface area contributed by atoms with Crippen LogP contribution >= 0.6 is 0 Å². The van der Waals surface area contributed by atoms with Gasteiger partial charge in [0.1, 0.15) is 0 Å². The van der Waals surface area contributed by atoms with Gasteiger partial charge in [0.15, 0.2) is 0 Å². The maximum atomic E-state index is 13.8. The van der Waals surface area contributed by atoms with E-state index in [9.17, 15) is 9.59 Å². The number of imide groups is 1. The molecule has 0 N–H and O–H groups in total. The van der Waals surface area contributed by atoms with E-state index < -0.39 is 0 Å². The van der Waals surface area contributed by atoms with Crippen molar-refractivity contribution < 1.29 is 9.59 Å². The van der Waals surface area contributed by atoms with E-state index >= 15 is 0 Å². The molecule has 0 unspecified atom stereocenters. The standard InChI is InChI=1S/C31H23NO2/c33-30-28-26-22-10-4-5-11-23(22)27(25-13-7-6-12-24(25)26)29(28)31(34)32(30)21-16-14-20(15-17-21)18-19-8-2-1-3-9-19/h1-17,26-29H,18H2/t26?,27?,28-,29-/m0/s1. The predicted molar refractivity (Wildman–Crippen MR) is 132 cm³/mol. The lowest BCUT2D eigenvalue weighted by atomic mass is 9.55. The van der Waals surface area contributed by atoms with E-state index in [1.54, 1.807) is 0 Å². The summed E-state index contributed by atoms with van der Waals surface area (Å²) >= 11 is 0. The van der Waals surface area contributed by atoms with Crippen molar-refractivity contribution in [2.45, 2.75) is 18.3 Å². The summed E-state index contributed by atoms with van der Waals surface area (Å²) in [4.78, 5) is 29.1. The molecule has 1 saturated heterocycles. The number of anilines is 1. The second-order valence-corrected chi connectivity index (χ2v) is 9.61. The van der Waals surface area contributed by atoms with Gasteiger partial charge in [-0.2, -0.15) is 0 Å². The van der Waals surface area contributed by atoms with Crippen molar-refractivity contribution in [1.29, 1.82) is 0 Å². The first-order valence-electron chi connectivity index (χ1n) is 11.9. The third-order valence-electron chi connectivity index (χ3n) is 7.89. The van der Waals surface area contributed by atoms with Crippen LogP contribution in [0.1, 0.15) is 45.2 Å². The zero-order chi connectivity index (χ0) is 22.8. The van der Waals surface area contributed by atoms with Crippen LogP contribution in [0.15, 0.2) is 103 Å². The van der Waals surface area contributed by atoms with Crippen molar-refractivity contribution in [3.8, 4) is 0 Å². The lowest BCUT2D eigenvalue weighted by molar-refractivity contribution is -0.122. The second-order valence-electron chi connectivity index (χ2n) is 9.61. The highest BCUT2D eigenvalue weighted by molar-refractivity contribution is 6.23. The molecule has 4 aromatic carbocycles. The fourth-order valence-electron chi connectivity index (χ4n) is 6.53. The Morgan fingerprint density at radius 2 is 0.912 bits per heavy atom. The van der Waals surface area contributed by atoms with Crippen molar-refractivity contribution in [1.82, 2.24) is 0 Å². The minimum atomic E-state index is -0.341. The molecule has 3 nitrogen and oxygen atoms in total. The molecule has 2 atom stereocenters. The van der Waals surface area contributed by atoms with Gasteiger partial charge in [-0.05, 0) is 51.9 Å². The van der Waals surface area contributed by atoms with E-state index in [0.29, 0.717) is 5.69 Å². The SMILES string of the molecule is O=C1[C@H]2C3c4ccccc4C(c4ccccc43)[C@@H]2C(=O)N1c1ccc(Cc2ccccc2)cc1. The van der Waals surface area contributed by atoms with Gasteiger partial charge in [-0.3, -0.25) is 9.59 Å². The number of hydrogen-bond donors (Lipinski definition) is 0. The van der Waals surface area contributed by atoms with Crippen LogP contribution in [-0.2, 0) is 16.0 Å². The highest BCUT2D eigenvalue weighted by Gasteiger charge is 2.61. The maximum Gasteiger partial charge on any atom is 0.238 e. The maximum absolute atomic E-state index is 13.8. The van der Waals surface area contributed by atoms with E-state index in [0.717, 1.165) is 12.0 Å². The number of carbonyl (C=O) groups excluding carboxylic acids is 2. The zero-order valence-corrected chi connectivity index (χ0v) is 18.6. The Morgan fingerprint density at radius 1 is 0.500 bits per heavy atom. The third kappa shape index (κ3) is 2.64. The number of nitrogens with zero attached hydrogens (tertiary/aromatic N) is 1. The molecule has 0 radical (unpaired) electrons. The van der Waals surface area contributed by atoms with Crippen molar-refractivity contribution in [3.05, 3.63) is 137 Å². The molecule has 3 aliphatic carbocycles. The molecule has 3 heteroatoms. The van der Waals surface area contributed by atoms with E-state index in [4.69, 9.17) is 0 Å². The first-order valence-corrected chi connectivity index (χ1v) is 11.9. The molecular weight excluding hydrogens is 418 g/mol. The monoisotopic (exact) mass is 441 g/mol. The van der Waals surface area contributed by atoms with Crippen molar-refractivity contribution in [2.24, 2.45) is 11.8 Å². The van der Waals surface area contributed by atoms with Gasteiger partial charge in [-0.25, -0.2) is 4.90 Å². The fraction of sp³-hybridized carbons (Fsp3) is 0.161. The largest absolute Gasteiger partial charge is 0.274 e. The number of carbonyl (C=O) groups is 2. The normalized spacial score (nSPS) is 24.1. The summed E-state index contributed by atoms with van der Waals surface area (Å²) in [6, 6.07) is 34.9. The summed E-state index contributed by atoms with van der Waals surface area (Å²) in [5.41, 5.74) is 7.88. The quantitative estimate of drug-likeness (QED) is 0.384. The minimum Gasteiger partial charge on any atom is -0.274 e. The molecule has 0 spiro atoms. The van der Waals surface area contributed by atoms with Gasteiger partial charge in [-0.1, -0.05) is 91.0 Å². The molecule has 4 aromatic rings. The Morgan fingerprint density at radius 3 is 1.38 bits per heavy atom. The zero-order valence-electron chi connectivity index (χ0n) is 18.6. The molecule has 8 rings (SSSR count). The Bertz CT molecular complexity index is 1320. The molecular formula is C31H23NO2. The lowest BCUT2D eigenvalue weighted by Crippen LogP contribution is -2.41. The van der Waals surface area contributed by atoms with E-state index in [1.807, 2.05) is 66.7 Å². The van der Waals surface area contributed by atoms with Gasteiger partial charge >= 0.3 is 0 Å². The van der Waals surface area contributed by atoms with Crippen molar-refractivity contribution >= 4 is 17.5 Å². The van der Waals surface area contributed by atoms with E-state index in [1.165, 1.54) is 32.7 Å². The number of amides is 2. The highest BCUT2D eigenvalue weighted by atomic mass is 16.2. The minimum absolute atomic E-state index is 0.0650. The van der Waals surface area contributed by atoms with Crippen LogP contribution in [0.25, 0.3) is 0 Å².